The first-order chi connectivity index (χ1) is 8.11. The van der Waals surface area contributed by atoms with E-state index in [1.807, 2.05) is 13.0 Å². The number of aromatic nitrogens is 1. The molecule has 17 heavy (non-hydrogen) atoms. The van der Waals surface area contributed by atoms with E-state index in [1.165, 1.54) is 0 Å². The van der Waals surface area contributed by atoms with Crippen LogP contribution in [0.3, 0.4) is 0 Å². The molecule has 4 heteroatoms. The molecule has 0 aliphatic rings. The van der Waals surface area contributed by atoms with Crippen LogP contribution in [0, 0.1) is 12.7 Å². The molecule has 0 aliphatic heterocycles. The predicted octanol–water partition coefficient (Wildman–Crippen LogP) is 3.34. The molecule has 0 saturated carbocycles. The van der Waals surface area contributed by atoms with E-state index < -0.39 is 6.04 Å². The zero-order valence-electron chi connectivity index (χ0n) is 9.32. The maximum absolute atomic E-state index is 13.9. The summed E-state index contributed by atoms with van der Waals surface area (Å²) in [6, 6.07) is 8.29. The second-order valence-electron chi connectivity index (χ2n) is 3.80. The van der Waals surface area contributed by atoms with Gasteiger partial charge < -0.3 is 5.73 Å². The molecule has 1 unspecified atom stereocenters. The van der Waals surface area contributed by atoms with Gasteiger partial charge in [0.25, 0.3) is 0 Å². The topological polar surface area (TPSA) is 38.9 Å². The molecule has 1 atom stereocenters. The third-order valence-corrected chi connectivity index (χ3v) is 3.31. The Morgan fingerprint density at radius 1 is 1.24 bits per heavy atom. The third-order valence-electron chi connectivity index (χ3n) is 2.70. The van der Waals surface area contributed by atoms with Gasteiger partial charge in [-0.2, -0.15) is 0 Å². The summed E-state index contributed by atoms with van der Waals surface area (Å²) in [7, 11) is 0. The fraction of sp³-hybridized carbons (Fsp3) is 0.154. The fourth-order valence-electron chi connectivity index (χ4n) is 1.75. The minimum absolute atomic E-state index is 0.316. The average Bonchev–Trinajstić information content (AvgIpc) is 2.32. The molecule has 1 heterocycles. The van der Waals surface area contributed by atoms with Crippen molar-refractivity contribution in [3.8, 4) is 0 Å². The summed E-state index contributed by atoms with van der Waals surface area (Å²) >= 11 is 3.16. The number of hydrogen-bond donors (Lipinski definition) is 1. The zero-order chi connectivity index (χ0) is 12.4. The van der Waals surface area contributed by atoms with Gasteiger partial charge in [-0.3, -0.25) is 4.98 Å². The zero-order valence-corrected chi connectivity index (χ0v) is 10.9. The third kappa shape index (κ3) is 2.37. The number of aryl methyl sites for hydroxylation is 1. The molecule has 2 nitrogen and oxygen atoms in total. The highest BCUT2D eigenvalue weighted by Crippen LogP contribution is 2.27. The van der Waals surface area contributed by atoms with Gasteiger partial charge in [0.1, 0.15) is 5.82 Å². The molecule has 0 fully saturated rings. The summed E-state index contributed by atoms with van der Waals surface area (Å²) in [6.07, 6.45) is 1.70. The van der Waals surface area contributed by atoms with Crippen LogP contribution in [0.5, 0.6) is 0 Å². The van der Waals surface area contributed by atoms with Crippen molar-refractivity contribution < 1.29 is 4.39 Å². The van der Waals surface area contributed by atoms with Crippen LogP contribution in [0.25, 0.3) is 0 Å². The molecular formula is C13H12BrFN2. The van der Waals surface area contributed by atoms with Crippen molar-refractivity contribution in [1.29, 1.82) is 0 Å². The molecule has 88 valence electrons. The van der Waals surface area contributed by atoms with Crippen LogP contribution < -0.4 is 5.73 Å². The van der Waals surface area contributed by atoms with Gasteiger partial charge in [-0.1, -0.05) is 18.2 Å². The van der Waals surface area contributed by atoms with E-state index in [1.54, 1.807) is 30.5 Å². The Bertz CT molecular complexity index is 543. The van der Waals surface area contributed by atoms with E-state index in [9.17, 15) is 4.39 Å². The number of hydrogen-bond acceptors (Lipinski definition) is 2. The van der Waals surface area contributed by atoms with Crippen LogP contribution in [0.1, 0.15) is 22.9 Å². The lowest BCUT2D eigenvalue weighted by Crippen LogP contribution is -2.15. The van der Waals surface area contributed by atoms with Crippen molar-refractivity contribution in [2.24, 2.45) is 5.73 Å². The number of pyridine rings is 1. The van der Waals surface area contributed by atoms with Crippen molar-refractivity contribution >= 4 is 15.9 Å². The van der Waals surface area contributed by atoms with Gasteiger partial charge >= 0.3 is 0 Å². The highest BCUT2D eigenvalue weighted by Gasteiger charge is 2.17. The molecule has 0 aliphatic carbocycles. The second-order valence-corrected chi connectivity index (χ2v) is 4.65. The van der Waals surface area contributed by atoms with E-state index >= 15 is 0 Å². The number of nitrogens with two attached hydrogens (primary N) is 1. The first-order valence-electron chi connectivity index (χ1n) is 5.22. The standard InChI is InChI=1S/C13H12BrFN2/c1-8-9(5-3-7-17-8)13(16)10-4-2-6-11(14)12(10)15/h2-7,13H,16H2,1H3. The first kappa shape index (κ1) is 12.2. The lowest BCUT2D eigenvalue weighted by Gasteiger charge is -2.15. The van der Waals surface area contributed by atoms with Gasteiger partial charge in [-0.15, -0.1) is 0 Å². The summed E-state index contributed by atoms with van der Waals surface area (Å²) < 4.78 is 14.3. The maximum Gasteiger partial charge on any atom is 0.142 e. The molecule has 1 aromatic carbocycles. The van der Waals surface area contributed by atoms with Crippen molar-refractivity contribution in [2.45, 2.75) is 13.0 Å². The Hall–Kier alpha value is -1.26. The Balaban J connectivity index is 2.48. The summed E-state index contributed by atoms with van der Waals surface area (Å²) in [5.41, 5.74) is 8.21. The minimum Gasteiger partial charge on any atom is -0.320 e. The van der Waals surface area contributed by atoms with Crippen LogP contribution in [-0.4, -0.2) is 4.98 Å². The fourth-order valence-corrected chi connectivity index (χ4v) is 2.14. The van der Waals surface area contributed by atoms with E-state index in [0.717, 1.165) is 11.3 Å². The van der Waals surface area contributed by atoms with Crippen LogP contribution >= 0.6 is 15.9 Å². The molecule has 0 radical (unpaired) electrons. The Morgan fingerprint density at radius 3 is 2.65 bits per heavy atom. The average molecular weight is 295 g/mol. The summed E-state index contributed by atoms with van der Waals surface area (Å²) in [5.74, 6) is -0.316. The van der Waals surface area contributed by atoms with Gasteiger partial charge in [-0.25, -0.2) is 4.39 Å². The summed E-state index contributed by atoms with van der Waals surface area (Å²) in [4.78, 5) is 4.16. The number of benzene rings is 1. The lowest BCUT2D eigenvalue weighted by atomic mass is 9.98. The number of rotatable bonds is 2. The monoisotopic (exact) mass is 294 g/mol. The number of halogens is 2. The van der Waals surface area contributed by atoms with E-state index in [2.05, 4.69) is 20.9 Å². The first-order valence-corrected chi connectivity index (χ1v) is 6.01. The molecule has 2 rings (SSSR count). The van der Waals surface area contributed by atoms with Gasteiger partial charge in [0.05, 0.1) is 10.5 Å². The summed E-state index contributed by atoms with van der Waals surface area (Å²) in [5, 5.41) is 0. The Kier molecular flexibility index (Phi) is 3.54. The minimum atomic E-state index is -0.499. The largest absolute Gasteiger partial charge is 0.320 e. The van der Waals surface area contributed by atoms with E-state index in [4.69, 9.17) is 5.73 Å². The SMILES string of the molecule is Cc1ncccc1C(N)c1cccc(Br)c1F. The molecule has 2 aromatic rings. The predicted molar refractivity (Wildman–Crippen MR) is 69.1 cm³/mol. The van der Waals surface area contributed by atoms with Gasteiger partial charge in [0.2, 0.25) is 0 Å². The van der Waals surface area contributed by atoms with Crippen molar-refractivity contribution in [1.82, 2.24) is 4.98 Å². The highest BCUT2D eigenvalue weighted by molar-refractivity contribution is 9.10. The summed E-state index contributed by atoms with van der Waals surface area (Å²) in [6.45, 7) is 1.87. The number of nitrogens with zero attached hydrogens (tertiary/aromatic N) is 1. The Labute approximate surface area is 108 Å². The molecule has 0 spiro atoms. The van der Waals surface area contributed by atoms with Crippen LogP contribution in [0.15, 0.2) is 41.0 Å². The molecule has 1 aromatic heterocycles. The van der Waals surface area contributed by atoms with Gasteiger partial charge in [0.15, 0.2) is 0 Å². The van der Waals surface area contributed by atoms with E-state index in [0.29, 0.717) is 10.0 Å². The van der Waals surface area contributed by atoms with Gasteiger partial charge in [-0.05, 0) is 40.5 Å². The van der Waals surface area contributed by atoms with Crippen molar-refractivity contribution in [3.63, 3.8) is 0 Å². The van der Waals surface area contributed by atoms with E-state index in [-0.39, 0.29) is 5.82 Å². The maximum atomic E-state index is 13.9. The van der Waals surface area contributed by atoms with Crippen LogP contribution in [0.4, 0.5) is 4.39 Å². The molecule has 2 N–H and O–H groups in total. The molecule has 0 amide bonds. The highest BCUT2D eigenvalue weighted by atomic mass is 79.9. The normalized spacial score (nSPS) is 12.5. The van der Waals surface area contributed by atoms with Gasteiger partial charge in [0, 0.05) is 17.5 Å². The molecule has 0 saturated heterocycles. The quantitative estimate of drug-likeness (QED) is 0.923. The smallest absolute Gasteiger partial charge is 0.142 e. The van der Waals surface area contributed by atoms with Crippen molar-refractivity contribution in [3.05, 3.63) is 63.6 Å². The molecule has 0 bridgehead atoms. The second kappa shape index (κ2) is 4.94. The molecular weight excluding hydrogens is 283 g/mol. The Morgan fingerprint density at radius 2 is 1.94 bits per heavy atom. The van der Waals surface area contributed by atoms with Crippen molar-refractivity contribution in [2.75, 3.05) is 0 Å². The lowest BCUT2D eigenvalue weighted by molar-refractivity contribution is 0.592. The van der Waals surface area contributed by atoms with Crippen LogP contribution in [-0.2, 0) is 0 Å². The van der Waals surface area contributed by atoms with Crippen LogP contribution in [0.2, 0.25) is 0 Å².